The van der Waals surface area contributed by atoms with Gasteiger partial charge in [-0.15, -0.1) is 0 Å². The number of benzene rings is 1. The number of aromatic amines is 1. The topological polar surface area (TPSA) is 68.4 Å². The summed E-state index contributed by atoms with van der Waals surface area (Å²) in [7, 11) is 0. The number of piperidine rings is 1. The van der Waals surface area contributed by atoms with Gasteiger partial charge < -0.3 is 14.7 Å². The predicted octanol–water partition coefficient (Wildman–Crippen LogP) is 2.41. The van der Waals surface area contributed by atoms with Crippen molar-refractivity contribution in [3.05, 3.63) is 35.1 Å². The fraction of sp³-hybridized carbons (Fsp3) is 0.500. The number of H-pyrrole nitrogens is 1. The minimum absolute atomic E-state index is 0.00563. The fourth-order valence-electron chi connectivity index (χ4n) is 3.67. The van der Waals surface area contributed by atoms with Gasteiger partial charge in [0.2, 0.25) is 5.95 Å². The van der Waals surface area contributed by atoms with Gasteiger partial charge in [0.05, 0.1) is 10.6 Å². The van der Waals surface area contributed by atoms with Gasteiger partial charge in [-0.2, -0.15) is 10.1 Å². The minimum atomic E-state index is 0.00563. The molecule has 1 aromatic carbocycles. The van der Waals surface area contributed by atoms with Crippen LogP contribution in [-0.4, -0.2) is 65.3 Å². The fourth-order valence-corrected chi connectivity index (χ4v) is 3.87. The van der Waals surface area contributed by atoms with E-state index in [4.69, 9.17) is 11.6 Å². The molecule has 0 bridgehead atoms. The van der Waals surface area contributed by atoms with Crippen LogP contribution in [0.25, 0.3) is 0 Å². The van der Waals surface area contributed by atoms with Crippen molar-refractivity contribution in [1.29, 1.82) is 0 Å². The number of aromatic nitrogens is 3. The summed E-state index contributed by atoms with van der Waals surface area (Å²) in [5, 5.41) is 7.28. The Balaban J connectivity index is 1.46. The number of rotatable bonds is 3. The molecule has 2 fully saturated rings. The van der Waals surface area contributed by atoms with Crippen LogP contribution >= 0.6 is 11.6 Å². The van der Waals surface area contributed by atoms with Crippen LogP contribution in [0.1, 0.15) is 29.6 Å². The highest BCUT2D eigenvalue weighted by molar-refractivity contribution is 6.34. The second-order valence-corrected chi connectivity index (χ2v) is 7.21. The molecule has 2 aliphatic rings. The lowest BCUT2D eigenvalue weighted by Gasteiger charge is -2.35. The van der Waals surface area contributed by atoms with Gasteiger partial charge in [-0.3, -0.25) is 4.79 Å². The van der Waals surface area contributed by atoms with Gasteiger partial charge in [0.1, 0.15) is 6.33 Å². The first kappa shape index (κ1) is 17.1. The molecule has 0 radical (unpaired) electrons. The number of anilines is 2. The SMILES string of the molecule is O=C(c1cc(N2CCCCC2)ccc1Cl)N1CCN(c2ncn[nH]2)CC1. The van der Waals surface area contributed by atoms with Crippen molar-refractivity contribution in [2.45, 2.75) is 19.3 Å². The lowest BCUT2D eigenvalue weighted by Crippen LogP contribution is -2.49. The number of hydrogen-bond donors (Lipinski definition) is 1. The van der Waals surface area contributed by atoms with Crippen LogP contribution in [0.3, 0.4) is 0 Å². The van der Waals surface area contributed by atoms with E-state index >= 15 is 0 Å². The lowest BCUT2D eigenvalue weighted by molar-refractivity contribution is 0.0746. The van der Waals surface area contributed by atoms with Crippen LogP contribution in [0, 0.1) is 0 Å². The van der Waals surface area contributed by atoms with Crippen molar-refractivity contribution in [3.8, 4) is 0 Å². The minimum Gasteiger partial charge on any atom is -0.372 e. The highest BCUT2D eigenvalue weighted by Gasteiger charge is 2.25. The van der Waals surface area contributed by atoms with Gasteiger partial charge in [-0.25, -0.2) is 5.10 Å². The number of piperazine rings is 1. The maximum absolute atomic E-state index is 13.0. The van der Waals surface area contributed by atoms with Crippen molar-refractivity contribution in [2.75, 3.05) is 49.1 Å². The molecule has 8 heteroatoms. The summed E-state index contributed by atoms with van der Waals surface area (Å²) < 4.78 is 0. The lowest BCUT2D eigenvalue weighted by atomic mass is 10.1. The third-order valence-electron chi connectivity index (χ3n) is 5.17. The molecule has 2 aliphatic heterocycles. The van der Waals surface area contributed by atoms with Crippen molar-refractivity contribution >= 4 is 29.1 Å². The van der Waals surface area contributed by atoms with E-state index in [2.05, 4.69) is 25.0 Å². The average Bonchev–Trinajstić information content (AvgIpc) is 3.23. The van der Waals surface area contributed by atoms with Crippen LogP contribution in [0.4, 0.5) is 11.6 Å². The number of nitrogens with zero attached hydrogens (tertiary/aromatic N) is 5. The van der Waals surface area contributed by atoms with Crippen molar-refractivity contribution in [3.63, 3.8) is 0 Å². The normalized spacial score (nSPS) is 18.3. The third kappa shape index (κ3) is 3.49. The van der Waals surface area contributed by atoms with Crippen molar-refractivity contribution in [2.24, 2.45) is 0 Å². The van der Waals surface area contributed by atoms with Gasteiger partial charge in [0.25, 0.3) is 5.91 Å². The van der Waals surface area contributed by atoms with E-state index in [1.54, 1.807) is 0 Å². The molecule has 0 spiro atoms. The molecule has 26 heavy (non-hydrogen) atoms. The second kappa shape index (κ2) is 7.53. The molecule has 0 unspecified atom stereocenters. The van der Waals surface area contributed by atoms with Gasteiger partial charge in [-0.1, -0.05) is 11.6 Å². The zero-order valence-corrected chi connectivity index (χ0v) is 15.5. The summed E-state index contributed by atoms with van der Waals surface area (Å²) >= 11 is 6.36. The molecular weight excluding hydrogens is 352 g/mol. The maximum Gasteiger partial charge on any atom is 0.255 e. The highest BCUT2D eigenvalue weighted by Crippen LogP contribution is 2.27. The predicted molar refractivity (Wildman–Crippen MR) is 102 cm³/mol. The number of hydrogen-bond acceptors (Lipinski definition) is 5. The first-order valence-electron chi connectivity index (χ1n) is 9.16. The van der Waals surface area contributed by atoms with Gasteiger partial charge in [0, 0.05) is 45.0 Å². The van der Waals surface area contributed by atoms with E-state index in [9.17, 15) is 4.79 Å². The molecule has 1 aromatic heterocycles. The number of carbonyl (C=O) groups excluding carboxylic acids is 1. The Morgan fingerprint density at radius 2 is 1.77 bits per heavy atom. The summed E-state index contributed by atoms with van der Waals surface area (Å²) in [6.45, 7) is 4.83. The standard InChI is InChI=1S/C18H23ClN6O/c19-16-5-4-14(23-6-2-1-3-7-23)12-15(16)17(26)24-8-10-25(11-9-24)18-20-13-21-22-18/h4-5,12-13H,1-3,6-11H2,(H,20,21,22). The van der Waals surface area contributed by atoms with Crippen LogP contribution < -0.4 is 9.80 Å². The Bertz CT molecular complexity index is 751. The number of nitrogens with one attached hydrogen (secondary N) is 1. The van der Waals surface area contributed by atoms with Crippen LogP contribution in [0.2, 0.25) is 5.02 Å². The summed E-state index contributed by atoms with van der Waals surface area (Å²) in [6, 6.07) is 5.83. The largest absolute Gasteiger partial charge is 0.372 e. The monoisotopic (exact) mass is 374 g/mol. The molecule has 0 atom stereocenters. The molecule has 0 saturated carbocycles. The molecule has 1 amide bonds. The maximum atomic E-state index is 13.0. The van der Waals surface area contributed by atoms with E-state index in [0.29, 0.717) is 23.7 Å². The van der Waals surface area contributed by atoms with E-state index in [1.807, 2.05) is 23.1 Å². The Morgan fingerprint density at radius 1 is 1.00 bits per heavy atom. The summed E-state index contributed by atoms with van der Waals surface area (Å²) in [6.07, 6.45) is 5.19. The molecule has 2 saturated heterocycles. The zero-order valence-electron chi connectivity index (χ0n) is 14.7. The molecule has 0 aliphatic carbocycles. The van der Waals surface area contributed by atoms with E-state index in [0.717, 1.165) is 37.8 Å². The first-order valence-corrected chi connectivity index (χ1v) is 9.54. The number of carbonyl (C=O) groups is 1. The van der Waals surface area contributed by atoms with Gasteiger partial charge in [0.15, 0.2) is 0 Å². The smallest absolute Gasteiger partial charge is 0.255 e. The Morgan fingerprint density at radius 3 is 2.46 bits per heavy atom. The Kier molecular flexibility index (Phi) is 4.97. The first-order chi connectivity index (χ1) is 12.7. The molecule has 4 rings (SSSR count). The molecule has 138 valence electrons. The highest BCUT2D eigenvalue weighted by atomic mass is 35.5. The summed E-state index contributed by atoms with van der Waals surface area (Å²) in [5.74, 6) is 0.758. The summed E-state index contributed by atoms with van der Waals surface area (Å²) in [4.78, 5) is 23.5. The molecular formula is C18H23ClN6O. The number of amides is 1. The average molecular weight is 375 g/mol. The second-order valence-electron chi connectivity index (χ2n) is 6.80. The van der Waals surface area contributed by atoms with Crippen LogP contribution in [0.15, 0.2) is 24.5 Å². The zero-order chi connectivity index (χ0) is 17.9. The van der Waals surface area contributed by atoms with Crippen molar-refractivity contribution < 1.29 is 4.79 Å². The van der Waals surface area contributed by atoms with E-state index < -0.39 is 0 Å². The summed E-state index contributed by atoms with van der Waals surface area (Å²) in [5.41, 5.74) is 1.70. The molecule has 2 aromatic rings. The molecule has 7 nitrogen and oxygen atoms in total. The van der Waals surface area contributed by atoms with E-state index in [-0.39, 0.29) is 5.91 Å². The number of halogens is 1. The van der Waals surface area contributed by atoms with Gasteiger partial charge >= 0.3 is 0 Å². The van der Waals surface area contributed by atoms with Crippen LogP contribution in [-0.2, 0) is 0 Å². The third-order valence-corrected chi connectivity index (χ3v) is 5.50. The van der Waals surface area contributed by atoms with Gasteiger partial charge in [-0.05, 0) is 37.5 Å². The molecule has 1 N–H and O–H groups in total. The Hall–Kier alpha value is -2.28. The van der Waals surface area contributed by atoms with Crippen LogP contribution in [0.5, 0.6) is 0 Å². The quantitative estimate of drug-likeness (QED) is 0.893. The van der Waals surface area contributed by atoms with Crippen molar-refractivity contribution in [1.82, 2.24) is 20.1 Å². The molecule has 3 heterocycles. The Labute approximate surface area is 157 Å². The van der Waals surface area contributed by atoms with E-state index in [1.165, 1.54) is 25.6 Å².